The molecule has 10 aromatic rings. The number of alkyl halides is 3. The van der Waals surface area contributed by atoms with Gasteiger partial charge in [-0.05, 0) is 226 Å². The third kappa shape index (κ3) is 27.1. The smallest absolute Gasteiger partial charge is 0.391 e. The molecule has 3 aliphatic heterocycles. The summed E-state index contributed by atoms with van der Waals surface area (Å²) in [6, 6.07) is 55.4. The van der Waals surface area contributed by atoms with E-state index in [1.165, 1.54) is 29.5 Å². The van der Waals surface area contributed by atoms with E-state index in [9.17, 15) is 57.3 Å². The van der Waals surface area contributed by atoms with Crippen molar-refractivity contribution in [1.29, 1.82) is 0 Å². The molecule has 3 saturated heterocycles. The Morgan fingerprint density at radius 1 is 0.419 bits per heavy atom. The van der Waals surface area contributed by atoms with Gasteiger partial charge in [0.05, 0.1) is 88.0 Å². The summed E-state index contributed by atoms with van der Waals surface area (Å²) in [5.41, 5.74) is 5.56. The van der Waals surface area contributed by atoms with E-state index in [2.05, 4.69) is 30.7 Å². The fourth-order valence-corrected chi connectivity index (χ4v) is 17.8. The molecule has 4 heterocycles. The number of rotatable bonds is 28. The first-order valence-electron chi connectivity index (χ1n) is 40.5. The van der Waals surface area contributed by atoms with E-state index in [0.29, 0.717) is 131 Å². The second-order valence-corrected chi connectivity index (χ2v) is 36.3. The van der Waals surface area contributed by atoms with E-state index < -0.39 is 71.2 Å². The van der Waals surface area contributed by atoms with Crippen LogP contribution in [0.3, 0.4) is 0 Å². The van der Waals surface area contributed by atoms with E-state index in [0.717, 1.165) is 79.4 Å². The number of carbonyl (C=O) groups is 6. The zero-order valence-corrected chi connectivity index (χ0v) is 79.9. The van der Waals surface area contributed by atoms with Crippen LogP contribution in [0.15, 0.2) is 232 Å². The van der Waals surface area contributed by atoms with Crippen molar-refractivity contribution in [3.05, 3.63) is 334 Å². The minimum Gasteiger partial charge on any atom is -0.625 e. The molecule has 129 heavy (non-hydrogen) atoms. The minimum atomic E-state index is -4.78. The van der Waals surface area contributed by atoms with Crippen molar-refractivity contribution >= 4 is 186 Å². The van der Waals surface area contributed by atoms with Gasteiger partial charge < -0.3 is 45.7 Å². The number of hydrogen-bond donors (Lipinski definition) is 3. The molecule has 0 radical (unpaired) electrons. The molecule has 1 aliphatic carbocycles. The van der Waals surface area contributed by atoms with Gasteiger partial charge in [-0.25, -0.2) is 14.4 Å². The van der Waals surface area contributed by atoms with Crippen LogP contribution in [0.2, 0.25) is 45.2 Å². The van der Waals surface area contributed by atoms with Crippen molar-refractivity contribution in [1.82, 2.24) is 14.7 Å². The molecule has 3 amide bonds. The second kappa shape index (κ2) is 47.3. The first-order chi connectivity index (χ1) is 60.1. The SMILES string of the molecule is C[C@@]1(C(=O)[N-]c2ccc(Cl)cc2C(=N[C@@H](C(=O)O)C2CCC2)c2ccccc2)CCCN1Cc1ccc(Cl)c(Cl)c1.C[C@@]1(C(=O)[N-]c2ccc(Cl)cc2C(=N[C@H](CC(F)(F)F)C(=O)O)c2ccccc2)CCCN1Cc1ccc(Cl)c(Cl)c1.C[C@@]1(C(=O)[N-]c2ccc(Cl)cc2C(=N[C@H](Cc2ccsc2)C(=O)O)c2ccccc2)CCCN1Cc1ccc(Cl)c(Cl)c1.[Ni].[Ni].[Ni]. The number of carboxylic acids is 3. The number of carboxylic acid groups (broad SMARTS) is 3. The van der Waals surface area contributed by atoms with Gasteiger partial charge in [0.2, 0.25) is 0 Å². The quantitative estimate of drug-likeness (QED) is 0.0306. The number of carbonyl (C=O) groups excluding carboxylic acids is 3. The number of hydrogen-bond acceptors (Lipinski definition) is 13. The second-order valence-electron chi connectivity index (χ2n) is 31.7. The van der Waals surface area contributed by atoms with Crippen LogP contribution in [0.1, 0.15) is 141 Å². The number of benzene rings is 9. The first-order valence-corrected chi connectivity index (χ1v) is 44.8. The summed E-state index contributed by atoms with van der Waals surface area (Å²) >= 11 is 57.6. The summed E-state index contributed by atoms with van der Waals surface area (Å²) in [4.78, 5) is 98.0. The van der Waals surface area contributed by atoms with Crippen molar-refractivity contribution in [2.75, 3.05) is 19.6 Å². The maximum atomic E-state index is 14.0. The van der Waals surface area contributed by atoms with Gasteiger partial charge in [-0.3, -0.25) is 29.7 Å². The van der Waals surface area contributed by atoms with Gasteiger partial charge in [-0.2, -0.15) is 24.5 Å². The van der Waals surface area contributed by atoms with E-state index in [-0.39, 0.29) is 95.6 Å². The summed E-state index contributed by atoms with van der Waals surface area (Å²) in [5, 5.41) is 51.0. The molecular weight excluding hydrogens is 2000 g/mol. The molecule has 0 unspecified atom stereocenters. The molecule has 6 atom stereocenters. The molecule has 3 N–H and O–H groups in total. The van der Waals surface area contributed by atoms with Crippen molar-refractivity contribution < 1.29 is 107 Å². The van der Waals surface area contributed by atoms with Crippen LogP contribution in [-0.4, -0.2) is 143 Å². The topological polar surface area (TPSA) is 252 Å². The standard InChI is InChI=1S/C33H30Cl3N3O3S.C32H32Cl3N3O3.C30H27Cl3F3N3O3.3Ni/c1-33(13-5-14-39(33)19-21-8-10-26(35)27(36)16-21)32(42)38-28-11-9-24(34)18-25(28)30(23-6-3-2-4-7-23)37-29(31(40)41)17-22-12-15-43-20-22;1-32(15-6-16-38(32)19-20-11-13-25(34)26(35)17-20)31(41)36-27-14-12-23(33)18-24(27)28(21-7-3-2-4-8-21)37-29(30(39)40)22-9-5-10-22;1-29(12-5-13-39(29)17-18-8-10-22(32)23(33)14-18)28(42)38-24-11-9-20(31)15-21(24)26(19-6-3-2-4-7-19)37-25(27(40)41)16-30(34,35)36;;;/h2-4,6-12,15-16,18,20,29H,5,13-14,17,19H2,1H3,(H2,37,38,40,41,42);2-4,7-8,11-14,17-18,22,29H,5-6,9-10,15-16,19H2,1H3,(H2,36,37,39,40,41);2-4,6-11,14-15,25H,5,12-13,16-17H2,1H3,(H2,37,38,40,41,42);;;/p-3/t29-,33+;29-,32+;25-,29+;;;/m111.../s1. The predicted octanol–water partition coefficient (Wildman–Crippen LogP) is 25.6. The zero-order chi connectivity index (χ0) is 90.4. The van der Waals surface area contributed by atoms with Crippen molar-refractivity contribution in [3.63, 3.8) is 0 Å². The molecule has 0 spiro atoms. The van der Waals surface area contributed by atoms with Crippen LogP contribution in [0.4, 0.5) is 30.2 Å². The Hall–Kier alpha value is -7.73. The molecular formula is C95H86Cl9F3N9Ni3O9S-3. The molecule has 4 fully saturated rings. The number of nitrogens with zero attached hydrogens (tertiary/aromatic N) is 9. The fourth-order valence-electron chi connectivity index (χ4n) is 15.7. The van der Waals surface area contributed by atoms with E-state index in [1.54, 1.807) is 97.9 Å². The zero-order valence-electron chi connectivity index (χ0n) is 69.3. The summed E-state index contributed by atoms with van der Waals surface area (Å²) in [6.45, 7) is 9.16. The summed E-state index contributed by atoms with van der Waals surface area (Å²) in [7, 11) is 0. The summed E-state index contributed by atoms with van der Waals surface area (Å²) < 4.78 is 39.8. The van der Waals surface area contributed by atoms with E-state index in [4.69, 9.17) is 114 Å². The number of thiophene rings is 1. The average molecular weight is 2080 g/mol. The molecule has 1 aromatic heterocycles. The molecule has 688 valence electrons. The van der Waals surface area contributed by atoms with Crippen LogP contribution < -0.4 is 0 Å². The van der Waals surface area contributed by atoms with E-state index >= 15 is 0 Å². The third-order valence-corrected chi connectivity index (χ3v) is 26.6. The normalized spacial score (nSPS) is 18.6. The van der Waals surface area contributed by atoms with Crippen LogP contribution in [0.5, 0.6) is 0 Å². The predicted molar refractivity (Wildman–Crippen MR) is 499 cm³/mol. The fraction of sp³-hybridized carbons (Fsp3) is 0.295. The van der Waals surface area contributed by atoms with Gasteiger partial charge in [-0.1, -0.05) is 238 Å². The number of amides is 3. The largest absolute Gasteiger partial charge is 0.625 e. The molecule has 0 bridgehead atoms. The Morgan fingerprint density at radius 2 is 0.752 bits per heavy atom. The Balaban J connectivity index is 0.000000216. The molecule has 34 heteroatoms. The maximum absolute atomic E-state index is 14.0. The van der Waals surface area contributed by atoms with Crippen molar-refractivity contribution in [3.8, 4) is 0 Å². The Bertz CT molecular complexity index is 5750. The number of likely N-dealkylation sites (tertiary alicyclic amines) is 3. The van der Waals surface area contributed by atoms with Gasteiger partial charge in [0.15, 0.2) is 18.1 Å². The molecule has 18 nitrogen and oxygen atoms in total. The molecule has 1 saturated carbocycles. The Morgan fingerprint density at radius 3 is 1.04 bits per heavy atom. The van der Waals surface area contributed by atoms with Crippen LogP contribution in [0, 0.1) is 5.92 Å². The maximum Gasteiger partial charge on any atom is 0.391 e. The van der Waals surface area contributed by atoms with Gasteiger partial charge in [0, 0.05) is 107 Å². The molecule has 9 aromatic carbocycles. The van der Waals surface area contributed by atoms with Gasteiger partial charge in [0.1, 0.15) is 0 Å². The van der Waals surface area contributed by atoms with Gasteiger partial charge in [-0.15, -0.1) is 17.1 Å². The van der Waals surface area contributed by atoms with Crippen LogP contribution in [0.25, 0.3) is 16.0 Å². The average Bonchev–Trinajstić information content (AvgIpc) is 1.27. The van der Waals surface area contributed by atoms with Gasteiger partial charge in [0.25, 0.3) is 0 Å². The first kappa shape index (κ1) is 105. The molecule has 14 rings (SSSR count). The molecule has 4 aliphatic rings. The van der Waals surface area contributed by atoms with Crippen LogP contribution >= 0.6 is 116 Å². The number of aliphatic carboxylic acids is 3. The summed E-state index contributed by atoms with van der Waals surface area (Å²) in [5.74, 6) is -4.83. The van der Waals surface area contributed by atoms with Crippen molar-refractivity contribution in [2.45, 2.75) is 152 Å². The number of aliphatic imine (C=N–C) groups is 3. The number of halogens is 12. The van der Waals surface area contributed by atoms with Crippen LogP contribution in [-0.2, 0) is 104 Å². The Labute approximate surface area is 825 Å². The Kier molecular flexibility index (Phi) is 38.5. The monoisotopic (exact) mass is 2070 g/mol. The van der Waals surface area contributed by atoms with Crippen molar-refractivity contribution in [2.24, 2.45) is 20.9 Å². The van der Waals surface area contributed by atoms with Gasteiger partial charge >= 0.3 is 24.1 Å². The third-order valence-electron chi connectivity index (χ3n) is 23.0. The summed E-state index contributed by atoms with van der Waals surface area (Å²) in [6.07, 6.45) is 0.652. The van der Waals surface area contributed by atoms with E-state index in [1.807, 2.05) is 127 Å². The minimum absolute atomic E-state index is 0.